The molecule has 0 bridgehead atoms. The Morgan fingerprint density at radius 1 is 1.23 bits per heavy atom. The van der Waals surface area contributed by atoms with Crippen molar-refractivity contribution in [2.45, 2.75) is 53.6 Å². The SMILES string of the molecule is CCN(CCNC(=NC)NCCC(C)C)C(=O)OC(C)(C)C. The molecule has 0 atom stereocenters. The van der Waals surface area contributed by atoms with Crippen LogP contribution in [0.1, 0.15) is 48.0 Å². The fourth-order valence-corrected chi connectivity index (χ4v) is 1.71. The van der Waals surface area contributed by atoms with Crippen LogP contribution in [-0.4, -0.2) is 55.8 Å². The van der Waals surface area contributed by atoms with Crippen LogP contribution in [0.2, 0.25) is 0 Å². The molecule has 0 saturated carbocycles. The molecule has 0 fully saturated rings. The molecule has 2 N–H and O–H groups in total. The van der Waals surface area contributed by atoms with Gasteiger partial charge in [0.15, 0.2) is 5.96 Å². The van der Waals surface area contributed by atoms with E-state index in [1.54, 1.807) is 11.9 Å². The Labute approximate surface area is 135 Å². The fourth-order valence-electron chi connectivity index (χ4n) is 1.71. The maximum Gasteiger partial charge on any atom is 0.410 e. The maximum absolute atomic E-state index is 12.0. The van der Waals surface area contributed by atoms with E-state index in [1.165, 1.54) is 0 Å². The second-order valence-corrected chi connectivity index (χ2v) is 6.67. The number of guanidine groups is 1. The van der Waals surface area contributed by atoms with Gasteiger partial charge in [-0.2, -0.15) is 0 Å². The quantitative estimate of drug-likeness (QED) is 0.559. The third kappa shape index (κ3) is 10.3. The lowest BCUT2D eigenvalue weighted by Crippen LogP contribution is -2.44. The number of amides is 1. The molecule has 0 unspecified atom stereocenters. The zero-order valence-corrected chi connectivity index (χ0v) is 15.3. The standard InChI is InChI=1S/C16H34N4O2/c1-8-20(15(21)22-16(4,5)6)12-11-19-14(17-7)18-10-9-13(2)3/h13H,8-12H2,1-7H3,(H2,17,18,19). The summed E-state index contributed by atoms with van der Waals surface area (Å²) in [6.45, 7) is 14.7. The molecular weight excluding hydrogens is 280 g/mol. The van der Waals surface area contributed by atoms with Gasteiger partial charge in [-0.3, -0.25) is 4.99 Å². The Bertz CT molecular complexity index is 349. The first-order valence-electron chi connectivity index (χ1n) is 8.12. The molecule has 0 aliphatic heterocycles. The fraction of sp³-hybridized carbons (Fsp3) is 0.875. The average molecular weight is 314 g/mol. The summed E-state index contributed by atoms with van der Waals surface area (Å²) in [5.41, 5.74) is -0.466. The van der Waals surface area contributed by atoms with Crippen LogP contribution >= 0.6 is 0 Å². The van der Waals surface area contributed by atoms with Crippen molar-refractivity contribution in [2.75, 3.05) is 33.2 Å². The van der Waals surface area contributed by atoms with E-state index in [2.05, 4.69) is 29.5 Å². The number of rotatable bonds is 7. The van der Waals surface area contributed by atoms with E-state index in [9.17, 15) is 4.79 Å². The lowest BCUT2D eigenvalue weighted by molar-refractivity contribution is 0.0264. The minimum Gasteiger partial charge on any atom is -0.444 e. The van der Waals surface area contributed by atoms with Crippen molar-refractivity contribution in [1.82, 2.24) is 15.5 Å². The van der Waals surface area contributed by atoms with Gasteiger partial charge in [0, 0.05) is 33.2 Å². The molecular formula is C16H34N4O2. The number of carbonyl (C=O) groups is 1. The Balaban J connectivity index is 4.14. The van der Waals surface area contributed by atoms with E-state index in [0.29, 0.717) is 25.6 Å². The second-order valence-electron chi connectivity index (χ2n) is 6.67. The van der Waals surface area contributed by atoms with Gasteiger partial charge < -0.3 is 20.3 Å². The minimum atomic E-state index is -0.466. The molecule has 0 heterocycles. The summed E-state index contributed by atoms with van der Waals surface area (Å²) in [6, 6.07) is 0. The average Bonchev–Trinajstić information content (AvgIpc) is 2.39. The molecule has 0 aromatic heterocycles. The van der Waals surface area contributed by atoms with E-state index in [4.69, 9.17) is 4.74 Å². The van der Waals surface area contributed by atoms with Crippen LogP contribution in [0.3, 0.4) is 0 Å². The third-order valence-electron chi connectivity index (χ3n) is 2.95. The zero-order chi connectivity index (χ0) is 17.2. The van der Waals surface area contributed by atoms with Gasteiger partial charge in [-0.15, -0.1) is 0 Å². The first-order valence-corrected chi connectivity index (χ1v) is 8.12. The molecule has 0 saturated heterocycles. The number of nitrogens with zero attached hydrogens (tertiary/aromatic N) is 2. The Morgan fingerprint density at radius 2 is 1.82 bits per heavy atom. The number of likely N-dealkylation sites (N-methyl/N-ethyl adjacent to an activating group) is 1. The number of aliphatic imine (C=N–C) groups is 1. The highest BCUT2D eigenvalue weighted by Crippen LogP contribution is 2.09. The summed E-state index contributed by atoms with van der Waals surface area (Å²) < 4.78 is 5.38. The van der Waals surface area contributed by atoms with Gasteiger partial charge in [0.2, 0.25) is 0 Å². The van der Waals surface area contributed by atoms with E-state index >= 15 is 0 Å². The highest BCUT2D eigenvalue weighted by molar-refractivity contribution is 5.79. The summed E-state index contributed by atoms with van der Waals surface area (Å²) in [7, 11) is 1.75. The van der Waals surface area contributed by atoms with Crippen molar-refractivity contribution in [3.63, 3.8) is 0 Å². The molecule has 0 rings (SSSR count). The first-order chi connectivity index (χ1) is 10.2. The highest BCUT2D eigenvalue weighted by atomic mass is 16.6. The number of hydrogen-bond acceptors (Lipinski definition) is 3. The smallest absolute Gasteiger partial charge is 0.410 e. The predicted molar refractivity (Wildman–Crippen MR) is 92.3 cm³/mol. The van der Waals surface area contributed by atoms with Gasteiger partial charge in [0.25, 0.3) is 0 Å². The second kappa shape index (κ2) is 10.3. The summed E-state index contributed by atoms with van der Waals surface area (Å²) >= 11 is 0. The van der Waals surface area contributed by atoms with Gasteiger partial charge >= 0.3 is 6.09 Å². The lowest BCUT2D eigenvalue weighted by atomic mass is 10.1. The molecule has 0 aliphatic carbocycles. The van der Waals surface area contributed by atoms with E-state index in [0.717, 1.165) is 18.9 Å². The maximum atomic E-state index is 12.0. The first kappa shape index (κ1) is 20.5. The van der Waals surface area contributed by atoms with E-state index in [-0.39, 0.29) is 6.09 Å². The predicted octanol–water partition coefficient (Wildman–Crippen LogP) is 2.45. The Kier molecular flexibility index (Phi) is 9.61. The molecule has 0 radical (unpaired) electrons. The number of hydrogen-bond donors (Lipinski definition) is 2. The van der Waals surface area contributed by atoms with Crippen LogP contribution in [0.5, 0.6) is 0 Å². The van der Waals surface area contributed by atoms with Crippen molar-refractivity contribution in [3.05, 3.63) is 0 Å². The molecule has 6 nitrogen and oxygen atoms in total. The summed E-state index contributed by atoms with van der Waals surface area (Å²) in [4.78, 5) is 17.9. The minimum absolute atomic E-state index is 0.278. The summed E-state index contributed by atoms with van der Waals surface area (Å²) in [5.74, 6) is 1.43. The van der Waals surface area contributed by atoms with Crippen molar-refractivity contribution in [2.24, 2.45) is 10.9 Å². The van der Waals surface area contributed by atoms with Crippen LogP contribution in [0.15, 0.2) is 4.99 Å². The normalized spacial score (nSPS) is 12.3. The summed E-state index contributed by atoms with van der Waals surface area (Å²) in [5, 5.41) is 6.48. The van der Waals surface area contributed by atoms with E-state index < -0.39 is 5.60 Å². The number of ether oxygens (including phenoxy) is 1. The highest BCUT2D eigenvalue weighted by Gasteiger charge is 2.20. The molecule has 0 aliphatic rings. The molecule has 22 heavy (non-hydrogen) atoms. The van der Waals surface area contributed by atoms with Gasteiger partial charge in [-0.1, -0.05) is 13.8 Å². The van der Waals surface area contributed by atoms with Crippen molar-refractivity contribution >= 4 is 12.1 Å². The lowest BCUT2D eigenvalue weighted by Gasteiger charge is -2.26. The molecule has 0 spiro atoms. The topological polar surface area (TPSA) is 66.0 Å². The van der Waals surface area contributed by atoms with Crippen molar-refractivity contribution < 1.29 is 9.53 Å². The van der Waals surface area contributed by atoms with Crippen LogP contribution in [0.25, 0.3) is 0 Å². The van der Waals surface area contributed by atoms with Gasteiger partial charge in [-0.05, 0) is 40.0 Å². The van der Waals surface area contributed by atoms with Crippen LogP contribution in [0, 0.1) is 5.92 Å². The molecule has 0 aromatic carbocycles. The van der Waals surface area contributed by atoms with Gasteiger partial charge in [-0.25, -0.2) is 4.79 Å². The van der Waals surface area contributed by atoms with Crippen molar-refractivity contribution in [1.29, 1.82) is 0 Å². The largest absolute Gasteiger partial charge is 0.444 e. The third-order valence-corrected chi connectivity index (χ3v) is 2.95. The van der Waals surface area contributed by atoms with E-state index in [1.807, 2.05) is 27.7 Å². The van der Waals surface area contributed by atoms with Crippen LogP contribution in [0.4, 0.5) is 4.79 Å². The Morgan fingerprint density at radius 3 is 2.27 bits per heavy atom. The number of nitrogens with one attached hydrogen (secondary N) is 2. The summed E-state index contributed by atoms with van der Waals surface area (Å²) in [6.07, 6.45) is 0.819. The molecule has 6 heteroatoms. The number of carbonyl (C=O) groups excluding carboxylic acids is 1. The van der Waals surface area contributed by atoms with Crippen molar-refractivity contribution in [3.8, 4) is 0 Å². The van der Waals surface area contributed by atoms with Gasteiger partial charge in [0.1, 0.15) is 5.60 Å². The Hall–Kier alpha value is -1.46. The van der Waals surface area contributed by atoms with Gasteiger partial charge in [0.05, 0.1) is 0 Å². The van der Waals surface area contributed by atoms with Crippen LogP contribution in [-0.2, 0) is 4.74 Å². The van der Waals surface area contributed by atoms with Crippen LogP contribution < -0.4 is 10.6 Å². The molecule has 1 amide bonds. The molecule has 0 aromatic rings. The molecule has 130 valence electrons. The zero-order valence-electron chi connectivity index (χ0n) is 15.3. The monoisotopic (exact) mass is 314 g/mol.